The number of esters is 1. The molecular formula is C65H122N2O7P+. The van der Waals surface area contributed by atoms with E-state index in [1.54, 1.807) is 0 Å². The summed E-state index contributed by atoms with van der Waals surface area (Å²) in [6.45, 7) is 6.89. The maximum absolute atomic E-state index is 13.6. The number of amides is 1. The highest BCUT2D eigenvalue weighted by atomic mass is 31.2. The standard InChI is InChI=1S/C65H121N2O7P/c1-7-10-13-16-19-22-25-28-30-31-32-33-34-35-37-39-42-45-48-51-54-57-64(68)66-62(61-73-75(70,71)72-60-59-67(4,5)6)63(56-53-50-47-44-41-38-27-24-21-18-15-12-9-3)74-65(69)58-55-52-49-46-43-40-36-29-26-23-20-17-14-11-8-2/h11,14,17,20,23,26,28,30,53,56,62-63H,7-10,12-13,15-16,18-19,21-22,24-25,27,29,31-52,54-55,57-61H2,1-6H3,(H-,66,68,70,71)/p+1/b14-11+,20-17+,26-23+,30-28+,56-53-. The first-order valence-corrected chi connectivity index (χ1v) is 33.1. The first-order chi connectivity index (χ1) is 36.4. The Morgan fingerprint density at radius 2 is 0.867 bits per heavy atom. The van der Waals surface area contributed by atoms with Crippen molar-refractivity contribution in [3.05, 3.63) is 60.8 Å². The summed E-state index contributed by atoms with van der Waals surface area (Å²) in [4.78, 5) is 37.7. The smallest absolute Gasteiger partial charge is 0.456 e. The molecule has 10 heteroatoms. The molecule has 438 valence electrons. The van der Waals surface area contributed by atoms with Gasteiger partial charge in [-0.15, -0.1) is 0 Å². The molecule has 3 atom stereocenters. The minimum atomic E-state index is -4.45. The summed E-state index contributed by atoms with van der Waals surface area (Å²) in [6, 6.07) is -0.854. The fourth-order valence-corrected chi connectivity index (χ4v) is 9.85. The van der Waals surface area contributed by atoms with Crippen molar-refractivity contribution in [3.63, 3.8) is 0 Å². The number of phosphoric acid groups is 1. The van der Waals surface area contributed by atoms with E-state index in [0.717, 1.165) is 77.0 Å². The number of allylic oxidation sites excluding steroid dienone is 9. The zero-order valence-corrected chi connectivity index (χ0v) is 50.9. The first kappa shape index (κ1) is 72.7. The molecule has 2 N–H and O–H groups in total. The molecular weight excluding hydrogens is 952 g/mol. The number of unbranched alkanes of at least 4 members (excludes halogenated alkanes) is 35. The summed E-state index contributed by atoms with van der Waals surface area (Å²) in [5, 5.41) is 3.06. The van der Waals surface area contributed by atoms with E-state index in [9.17, 15) is 19.0 Å². The third-order valence-corrected chi connectivity index (χ3v) is 15.0. The van der Waals surface area contributed by atoms with Gasteiger partial charge in [0.05, 0.1) is 33.8 Å². The van der Waals surface area contributed by atoms with Crippen molar-refractivity contribution in [2.75, 3.05) is 40.9 Å². The number of hydrogen-bond donors (Lipinski definition) is 2. The van der Waals surface area contributed by atoms with Gasteiger partial charge in [-0.25, -0.2) is 4.57 Å². The number of phosphoric ester groups is 1. The summed E-state index contributed by atoms with van der Waals surface area (Å²) in [6.07, 6.45) is 69.3. The molecule has 0 aliphatic carbocycles. The van der Waals surface area contributed by atoms with Crippen LogP contribution in [0.15, 0.2) is 60.8 Å². The largest absolute Gasteiger partial charge is 0.472 e. The third-order valence-electron chi connectivity index (χ3n) is 14.0. The van der Waals surface area contributed by atoms with Crippen LogP contribution < -0.4 is 5.32 Å². The van der Waals surface area contributed by atoms with Crippen LogP contribution in [-0.4, -0.2) is 74.3 Å². The average molecular weight is 1070 g/mol. The second-order valence-corrected chi connectivity index (χ2v) is 24.1. The number of carbonyl (C=O) groups excluding carboxylic acids is 2. The molecule has 0 aromatic carbocycles. The van der Waals surface area contributed by atoms with Gasteiger partial charge in [-0.05, 0) is 76.7 Å². The number of likely N-dealkylation sites (N-methyl/N-ethyl adjacent to an activating group) is 1. The van der Waals surface area contributed by atoms with Crippen molar-refractivity contribution in [2.24, 2.45) is 0 Å². The molecule has 0 spiro atoms. The number of hydrogen-bond acceptors (Lipinski definition) is 6. The van der Waals surface area contributed by atoms with Crippen LogP contribution in [0.2, 0.25) is 0 Å². The van der Waals surface area contributed by atoms with Gasteiger partial charge in [0.1, 0.15) is 19.3 Å². The fourth-order valence-electron chi connectivity index (χ4n) is 9.11. The number of ether oxygens (including phenoxy) is 1. The normalized spacial score (nSPS) is 14.1. The predicted molar refractivity (Wildman–Crippen MR) is 323 cm³/mol. The van der Waals surface area contributed by atoms with Gasteiger partial charge in [0.25, 0.3) is 0 Å². The molecule has 0 radical (unpaired) electrons. The van der Waals surface area contributed by atoms with Crippen LogP contribution in [-0.2, 0) is 27.9 Å². The summed E-state index contributed by atoms with van der Waals surface area (Å²) >= 11 is 0. The zero-order valence-electron chi connectivity index (χ0n) is 50.0. The molecule has 0 aliphatic heterocycles. The lowest BCUT2D eigenvalue weighted by atomic mass is 10.0. The van der Waals surface area contributed by atoms with Crippen molar-refractivity contribution < 1.29 is 37.3 Å². The summed E-state index contributed by atoms with van der Waals surface area (Å²) in [5.74, 6) is -0.513. The first-order valence-electron chi connectivity index (χ1n) is 31.6. The molecule has 1 amide bonds. The Balaban J connectivity index is 5.23. The minimum Gasteiger partial charge on any atom is -0.456 e. The zero-order chi connectivity index (χ0) is 55.0. The van der Waals surface area contributed by atoms with Crippen molar-refractivity contribution >= 4 is 19.7 Å². The Bertz CT molecular complexity index is 1470. The highest BCUT2D eigenvalue weighted by molar-refractivity contribution is 7.47. The fraction of sp³-hybridized carbons (Fsp3) is 0.815. The predicted octanol–water partition coefficient (Wildman–Crippen LogP) is 19.4. The molecule has 0 bridgehead atoms. The maximum atomic E-state index is 13.6. The summed E-state index contributed by atoms with van der Waals surface area (Å²) < 4.78 is 30.7. The van der Waals surface area contributed by atoms with Crippen LogP contribution in [0.1, 0.15) is 290 Å². The lowest BCUT2D eigenvalue weighted by molar-refractivity contribution is -0.870. The van der Waals surface area contributed by atoms with Crippen molar-refractivity contribution in [1.82, 2.24) is 5.32 Å². The highest BCUT2D eigenvalue weighted by Gasteiger charge is 2.30. The second-order valence-electron chi connectivity index (χ2n) is 22.6. The summed E-state index contributed by atoms with van der Waals surface area (Å²) in [5.41, 5.74) is 0. The minimum absolute atomic E-state index is 0.0373. The van der Waals surface area contributed by atoms with E-state index in [1.165, 1.54) is 180 Å². The van der Waals surface area contributed by atoms with Crippen LogP contribution in [0.25, 0.3) is 0 Å². The second kappa shape index (κ2) is 55.0. The molecule has 0 aromatic rings. The lowest BCUT2D eigenvalue weighted by Crippen LogP contribution is -2.47. The van der Waals surface area contributed by atoms with E-state index in [2.05, 4.69) is 74.7 Å². The van der Waals surface area contributed by atoms with Crippen LogP contribution >= 0.6 is 7.82 Å². The summed E-state index contributed by atoms with van der Waals surface area (Å²) in [7, 11) is 1.49. The van der Waals surface area contributed by atoms with E-state index in [1.807, 2.05) is 33.3 Å². The number of nitrogens with zero attached hydrogens (tertiary/aromatic N) is 1. The van der Waals surface area contributed by atoms with Crippen molar-refractivity contribution in [3.8, 4) is 0 Å². The Labute approximate surface area is 464 Å². The molecule has 0 fully saturated rings. The van der Waals surface area contributed by atoms with Gasteiger partial charge >= 0.3 is 13.8 Å². The number of rotatable bonds is 57. The van der Waals surface area contributed by atoms with Crippen LogP contribution in [0.3, 0.4) is 0 Å². The van der Waals surface area contributed by atoms with E-state index >= 15 is 0 Å². The Morgan fingerprint density at radius 1 is 0.480 bits per heavy atom. The molecule has 3 unspecified atom stereocenters. The molecule has 0 aliphatic rings. The van der Waals surface area contributed by atoms with E-state index in [0.29, 0.717) is 17.4 Å². The Hall–Kier alpha value is -2.29. The number of nitrogens with one attached hydrogen (secondary N) is 1. The van der Waals surface area contributed by atoms with Crippen molar-refractivity contribution in [1.29, 1.82) is 0 Å². The molecule has 75 heavy (non-hydrogen) atoms. The van der Waals surface area contributed by atoms with Crippen molar-refractivity contribution in [2.45, 2.75) is 303 Å². The highest BCUT2D eigenvalue weighted by Crippen LogP contribution is 2.43. The molecule has 9 nitrogen and oxygen atoms in total. The SMILES string of the molecule is CC/C=C/C=C/C=C/CCCCCCCCCC(=O)OC(/C=C\CCCCCCCCCCCCC)C(COP(=O)(O)OCC[N+](C)(C)C)NC(=O)CCCCCCCCCCCCC/C=C/CCCCCCCC. The van der Waals surface area contributed by atoms with Crippen LogP contribution in [0.4, 0.5) is 0 Å². The Morgan fingerprint density at radius 3 is 1.31 bits per heavy atom. The molecule has 0 saturated heterocycles. The van der Waals surface area contributed by atoms with Crippen LogP contribution in [0, 0.1) is 0 Å². The monoisotopic (exact) mass is 1070 g/mol. The Kier molecular flexibility index (Phi) is 53.4. The van der Waals surface area contributed by atoms with E-state index in [-0.39, 0.29) is 31.5 Å². The van der Waals surface area contributed by atoms with E-state index in [4.69, 9.17) is 13.8 Å². The van der Waals surface area contributed by atoms with Crippen LogP contribution in [0.5, 0.6) is 0 Å². The van der Waals surface area contributed by atoms with Gasteiger partial charge < -0.3 is 19.4 Å². The topological polar surface area (TPSA) is 111 Å². The quantitative estimate of drug-likeness (QED) is 0.0156. The lowest BCUT2D eigenvalue weighted by Gasteiger charge is -2.27. The van der Waals surface area contributed by atoms with Gasteiger partial charge in [0, 0.05) is 12.8 Å². The molecule has 0 aromatic heterocycles. The van der Waals surface area contributed by atoms with Gasteiger partial charge in [-0.1, -0.05) is 262 Å². The van der Waals surface area contributed by atoms with E-state index < -0.39 is 20.0 Å². The van der Waals surface area contributed by atoms with Gasteiger partial charge in [-0.2, -0.15) is 0 Å². The average Bonchev–Trinajstić information content (AvgIpc) is 3.37. The third kappa shape index (κ3) is 56.2. The number of quaternary nitrogens is 1. The number of carbonyl (C=O) groups is 2. The molecule has 0 heterocycles. The maximum Gasteiger partial charge on any atom is 0.472 e. The van der Waals surface area contributed by atoms with Gasteiger partial charge in [-0.3, -0.25) is 18.6 Å². The van der Waals surface area contributed by atoms with Gasteiger partial charge in [0.2, 0.25) is 5.91 Å². The molecule has 0 saturated carbocycles. The van der Waals surface area contributed by atoms with Gasteiger partial charge in [0.15, 0.2) is 0 Å². The molecule has 0 rings (SSSR count).